The maximum atomic E-state index is 10.6. The number of hydrogen-bond donors (Lipinski definition) is 1. The Hall–Kier alpha value is -2.55. The quantitative estimate of drug-likeness (QED) is 0.476. The lowest BCUT2D eigenvalue weighted by Crippen LogP contribution is -2.08. The van der Waals surface area contributed by atoms with Gasteiger partial charge in [-0.1, -0.05) is 11.8 Å². The molecule has 0 aromatic heterocycles. The van der Waals surface area contributed by atoms with E-state index >= 15 is 0 Å². The smallest absolute Gasteiger partial charge is 0.270 e. The molecule has 6 nitrogen and oxygen atoms in total. The largest absolute Gasteiger partial charge is 0.495 e. The van der Waals surface area contributed by atoms with Crippen LogP contribution in [0.4, 0.5) is 5.69 Å². The van der Waals surface area contributed by atoms with Crippen LogP contribution in [0.1, 0.15) is 12.0 Å². The van der Waals surface area contributed by atoms with Gasteiger partial charge in [-0.05, 0) is 6.07 Å². The van der Waals surface area contributed by atoms with E-state index in [4.69, 9.17) is 10.5 Å². The molecule has 2 N–H and O–H groups in total. The summed E-state index contributed by atoms with van der Waals surface area (Å²) in [6.07, 6.45) is -0.105. The molecule has 17 heavy (non-hydrogen) atoms. The van der Waals surface area contributed by atoms with Gasteiger partial charge < -0.3 is 10.5 Å². The van der Waals surface area contributed by atoms with Crippen molar-refractivity contribution in [1.29, 1.82) is 0 Å². The van der Waals surface area contributed by atoms with E-state index in [0.717, 1.165) is 0 Å². The number of carbonyl (C=O) groups is 1. The molecule has 88 valence electrons. The SMILES string of the molecule is COc1ccc([N+](=O)[O-])cc1C#CCC(N)=O. The second kappa shape index (κ2) is 5.51. The van der Waals surface area contributed by atoms with Crippen molar-refractivity contribution >= 4 is 11.6 Å². The number of hydrogen-bond acceptors (Lipinski definition) is 4. The molecule has 0 saturated heterocycles. The monoisotopic (exact) mass is 234 g/mol. The highest BCUT2D eigenvalue weighted by Crippen LogP contribution is 2.22. The van der Waals surface area contributed by atoms with Gasteiger partial charge >= 0.3 is 0 Å². The Morgan fingerprint density at radius 1 is 1.59 bits per heavy atom. The van der Waals surface area contributed by atoms with Crippen LogP contribution in [-0.2, 0) is 4.79 Å². The van der Waals surface area contributed by atoms with Gasteiger partial charge in [0.05, 0.1) is 24.0 Å². The molecule has 0 unspecified atom stereocenters. The van der Waals surface area contributed by atoms with Crippen LogP contribution in [0.3, 0.4) is 0 Å². The van der Waals surface area contributed by atoms with Crippen LogP contribution in [0.5, 0.6) is 5.75 Å². The van der Waals surface area contributed by atoms with Gasteiger partial charge in [0.1, 0.15) is 5.75 Å². The molecule has 0 aliphatic carbocycles. The van der Waals surface area contributed by atoms with Gasteiger partial charge in [0.2, 0.25) is 5.91 Å². The summed E-state index contributed by atoms with van der Waals surface area (Å²) >= 11 is 0. The molecule has 0 fully saturated rings. The van der Waals surface area contributed by atoms with E-state index in [1.165, 1.54) is 25.3 Å². The van der Waals surface area contributed by atoms with Gasteiger partial charge in [-0.3, -0.25) is 14.9 Å². The predicted octanol–water partition coefficient (Wildman–Crippen LogP) is 0.830. The lowest BCUT2D eigenvalue weighted by atomic mass is 10.1. The van der Waals surface area contributed by atoms with Gasteiger partial charge in [-0.25, -0.2) is 0 Å². The minimum Gasteiger partial charge on any atom is -0.495 e. The van der Waals surface area contributed by atoms with Crippen molar-refractivity contribution in [2.45, 2.75) is 6.42 Å². The minimum atomic E-state index is -0.554. The summed E-state index contributed by atoms with van der Waals surface area (Å²) < 4.78 is 5.00. The first-order valence-electron chi connectivity index (χ1n) is 4.64. The molecule has 0 atom stereocenters. The number of nitro groups is 1. The fourth-order valence-electron chi connectivity index (χ4n) is 1.13. The first-order chi connectivity index (χ1) is 8.04. The van der Waals surface area contributed by atoms with E-state index in [0.29, 0.717) is 11.3 Å². The third kappa shape index (κ3) is 3.50. The molecule has 1 rings (SSSR count). The number of benzene rings is 1. The Balaban J connectivity index is 3.08. The number of methoxy groups -OCH3 is 1. The van der Waals surface area contributed by atoms with Gasteiger partial charge in [0.25, 0.3) is 5.69 Å². The number of rotatable bonds is 3. The van der Waals surface area contributed by atoms with E-state index in [1.807, 2.05) is 0 Å². The number of non-ortho nitro benzene ring substituents is 1. The van der Waals surface area contributed by atoms with E-state index in [2.05, 4.69) is 11.8 Å². The third-order valence-corrected chi connectivity index (χ3v) is 1.88. The Labute approximate surface area is 97.5 Å². The Kier molecular flexibility index (Phi) is 4.06. The molecule has 0 radical (unpaired) electrons. The molecule has 1 aromatic carbocycles. The zero-order valence-electron chi connectivity index (χ0n) is 9.10. The fraction of sp³-hybridized carbons (Fsp3) is 0.182. The molecule has 0 bridgehead atoms. The van der Waals surface area contributed by atoms with E-state index in [9.17, 15) is 14.9 Å². The summed E-state index contributed by atoms with van der Waals surface area (Å²) in [6, 6.07) is 4.05. The average Bonchev–Trinajstić information content (AvgIpc) is 2.28. The molecule has 0 aliphatic rings. The highest BCUT2D eigenvalue weighted by Gasteiger charge is 2.09. The molecule has 6 heteroatoms. The zero-order valence-corrected chi connectivity index (χ0v) is 9.10. The van der Waals surface area contributed by atoms with Crippen LogP contribution in [0.15, 0.2) is 18.2 Å². The zero-order chi connectivity index (χ0) is 12.8. The predicted molar refractivity (Wildman–Crippen MR) is 60.3 cm³/mol. The second-order valence-electron chi connectivity index (χ2n) is 3.09. The van der Waals surface area contributed by atoms with Gasteiger partial charge in [-0.15, -0.1) is 0 Å². The van der Waals surface area contributed by atoms with Crippen molar-refractivity contribution in [3.63, 3.8) is 0 Å². The number of carbonyl (C=O) groups excluding carboxylic acids is 1. The summed E-state index contributed by atoms with van der Waals surface area (Å²) in [5, 5.41) is 10.6. The summed E-state index contributed by atoms with van der Waals surface area (Å²) in [5.74, 6) is 4.98. The molecule has 0 saturated carbocycles. The van der Waals surface area contributed by atoms with Crippen LogP contribution in [0.2, 0.25) is 0 Å². The van der Waals surface area contributed by atoms with Gasteiger partial charge in [0.15, 0.2) is 0 Å². The lowest BCUT2D eigenvalue weighted by Gasteiger charge is -2.02. The van der Waals surface area contributed by atoms with E-state index in [1.54, 1.807) is 0 Å². The van der Waals surface area contributed by atoms with E-state index < -0.39 is 10.8 Å². The molecule has 1 aromatic rings. The van der Waals surface area contributed by atoms with Crippen LogP contribution in [-0.4, -0.2) is 17.9 Å². The number of nitro benzene ring substituents is 1. The maximum Gasteiger partial charge on any atom is 0.270 e. The normalized spacial score (nSPS) is 9.00. The van der Waals surface area contributed by atoms with Crippen molar-refractivity contribution in [1.82, 2.24) is 0 Å². The van der Waals surface area contributed by atoms with Crippen molar-refractivity contribution in [3.05, 3.63) is 33.9 Å². The number of nitrogens with zero attached hydrogens (tertiary/aromatic N) is 1. The van der Waals surface area contributed by atoms with Crippen molar-refractivity contribution in [2.75, 3.05) is 7.11 Å². The molecule has 0 spiro atoms. The molecule has 0 aliphatic heterocycles. The van der Waals surface area contributed by atoms with Crippen molar-refractivity contribution in [3.8, 4) is 17.6 Å². The summed E-state index contributed by atoms with van der Waals surface area (Å²) in [6.45, 7) is 0. The molecular weight excluding hydrogens is 224 g/mol. The fourth-order valence-corrected chi connectivity index (χ4v) is 1.13. The molecular formula is C11H10N2O4. The number of amides is 1. The topological polar surface area (TPSA) is 95.5 Å². The lowest BCUT2D eigenvalue weighted by molar-refractivity contribution is -0.384. The van der Waals surface area contributed by atoms with Gasteiger partial charge in [-0.2, -0.15) is 0 Å². The average molecular weight is 234 g/mol. The van der Waals surface area contributed by atoms with Crippen molar-refractivity contribution < 1.29 is 14.5 Å². The van der Waals surface area contributed by atoms with Gasteiger partial charge in [0, 0.05) is 12.1 Å². The highest BCUT2D eigenvalue weighted by atomic mass is 16.6. The molecule has 1 amide bonds. The standard InChI is InChI=1S/C11H10N2O4/c1-17-10-6-5-9(13(15)16)7-8(10)3-2-4-11(12)14/h5-7H,4H2,1H3,(H2,12,14). The number of ether oxygens (including phenoxy) is 1. The summed E-state index contributed by atoms with van der Waals surface area (Å²) in [4.78, 5) is 20.5. The first kappa shape index (κ1) is 12.5. The van der Waals surface area contributed by atoms with Crippen LogP contribution < -0.4 is 10.5 Å². The van der Waals surface area contributed by atoms with Crippen LogP contribution in [0.25, 0.3) is 0 Å². The van der Waals surface area contributed by atoms with Crippen LogP contribution >= 0.6 is 0 Å². The van der Waals surface area contributed by atoms with Crippen molar-refractivity contribution in [2.24, 2.45) is 5.73 Å². The summed E-state index contributed by atoms with van der Waals surface area (Å²) in [7, 11) is 1.43. The second-order valence-corrected chi connectivity index (χ2v) is 3.09. The Bertz CT molecular complexity index is 514. The first-order valence-corrected chi connectivity index (χ1v) is 4.64. The maximum absolute atomic E-state index is 10.6. The Morgan fingerprint density at radius 3 is 2.82 bits per heavy atom. The minimum absolute atomic E-state index is 0.0887. The molecule has 0 heterocycles. The number of primary amides is 1. The van der Waals surface area contributed by atoms with E-state index in [-0.39, 0.29) is 12.1 Å². The van der Waals surface area contributed by atoms with Crippen LogP contribution in [0, 0.1) is 22.0 Å². The number of nitrogens with two attached hydrogens (primary N) is 1. The Morgan fingerprint density at radius 2 is 2.29 bits per heavy atom. The third-order valence-electron chi connectivity index (χ3n) is 1.88. The summed E-state index contributed by atoms with van der Waals surface area (Å²) in [5.41, 5.74) is 5.19. The highest BCUT2D eigenvalue weighted by molar-refractivity contribution is 5.76.